The van der Waals surface area contributed by atoms with Crippen molar-refractivity contribution in [2.75, 3.05) is 37.7 Å². The number of ether oxygens (including phenoxy) is 1. The number of rotatable bonds is 8. The third-order valence-corrected chi connectivity index (χ3v) is 5.19. The summed E-state index contributed by atoms with van der Waals surface area (Å²) < 4.78 is 18.5. The minimum absolute atomic E-state index is 0. The Morgan fingerprint density at radius 2 is 2.06 bits per heavy atom. The minimum atomic E-state index is -0.791. The zero-order valence-corrected chi connectivity index (χ0v) is 21.0. The van der Waals surface area contributed by atoms with Gasteiger partial charge in [0.15, 0.2) is 5.96 Å². The molecular weight excluding hydrogens is 536 g/mol. The van der Waals surface area contributed by atoms with Crippen LogP contribution in [0.5, 0.6) is 5.75 Å². The Bertz CT molecular complexity index is 935. The number of aliphatic hydroxyl groups excluding tert-OH is 1. The number of hydrogen-bond donors (Lipinski definition) is 3. The second-order valence-corrected chi connectivity index (χ2v) is 7.70. The van der Waals surface area contributed by atoms with Gasteiger partial charge >= 0.3 is 0 Å². The fourth-order valence-electron chi connectivity index (χ4n) is 3.64. The number of nitrogens with one attached hydrogen (secondary N) is 2. The van der Waals surface area contributed by atoms with E-state index in [9.17, 15) is 14.8 Å². The molecule has 0 radical (unpaired) electrons. The van der Waals surface area contributed by atoms with E-state index in [4.69, 9.17) is 4.74 Å². The van der Waals surface area contributed by atoms with Gasteiger partial charge in [0, 0.05) is 25.7 Å². The lowest BCUT2D eigenvalue weighted by Crippen LogP contribution is -2.51. The van der Waals surface area contributed by atoms with Gasteiger partial charge in [0.1, 0.15) is 30.3 Å². The van der Waals surface area contributed by atoms with Crippen LogP contribution >= 0.6 is 24.0 Å². The van der Waals surface area contributed by atoms with Crippen LogP contribution in [0.2, 0.25) is 0 Å². The molecule has 9 heteroatoms. The first-order valence-electron chi connectivity index (χ1n) is 10.9. The topological polar surface area (TPSA) is 92.9 Å². The highest BCUT2D eigenvalue weighted by Gasteiger charge is 2.22. The van der Waals surface area contributed by atoms with E-state index in [1.807, 2.05) is 31.2 Å². The maximum absolute atomic E-state index is 13.0. The average molecular weight is 567 g/mol. The molecule has 0 aromatic heterocycles. The summed E-state index contributed by atoms with van der Waals surface area (Å²) >= 11 is 0. The second kappa shape index (κ2) is 13.9. The number of aliphatic imine (C=N–C) groups is 1. The number of benzene rings is 2. The van der Waals surface area contributed by atoms with Crippen LogP contribution in [0.1, 0.15) is 25.3 Å². The summed E-state index contributed by atoms with van der Waals surface area (Å²) in [4.78, 5) is 6.73. The smallest absolute Gasteiger partial charge is 0.191 e. The van der Waals surface area contributed by atoms with Crippen LogP contribution in [0.4, 0.5) is 10.1 Å². The number of anilines is 1. The van der Waals surface area contributed by atoms with Gasteiger partial charge in [-0.05, 0) is 56.2 Å². The lowest BCUT2D eigenvalue weighted by atomic mass is 10.0. The summed E-state index contributed by atoms with van der Waals surface area (Å²) in [5, 5.41) is 26.3. The summed E-state index contributed by atoms with van der Waals surface area (Å²) in [6.07, 6.45) is 1.21. The molecule has 1 saturated heterocycles. The van der Waals surface area contributed by atoms with Crippen molar-refractivity contribution in [1.82, 2.24) is 10.6 Å². The van der Waals surface area contributed by atoms with Crippen molar-refractivity contribution < 1.29 is 14.2 Å². The molecule has 1 aliphatic rings. The van der Waals surface area contributed by atoms with Gasteiger partial charge < -0.3 is 25.4 Å². The van der Waals surface area contributed by atoms with Gasteiger partial charge in [0.25, 0.3) is 0 Å². The number of guanidine groups is 1. The highest BCUT2D eigenvalue weighted by atomic mass is 127. The highest BCUT2D eigenvalue weighted by Crippen LogP contribution is 2.23. The molecule has 1 heterocycles. The molecule has 7 nitrogen and oxygen atoms in total. The van der Waals surface area contributed by atoms with Crippen LogP contribution in [0.15, 0.2) is 53.5 Å². The van der Waals surface area contributed by atoms with Crippen LogP contribution < -0.4 is 20.3 Å². The van der Waals surface area contributed by atoms with E-state index in [1.165, 1.54) is 24.3 Å². The molecule has 1 fully saturated rings. The van der Waals surface area contributed by atoms with Gasteiger partial charge in [-0.15, -0.1) is 24.0 Å². The van der Waals surface area contributed by atoms with Gasteiger partial charge in [-0.25, -0.2) is 4.39 Å². The molecule has 2 aromatic carbocycles. The molecule has 0 bridgehead atoms. The molecule has 2 aromatic rings. The average Bonchev–Trinajstić information content (AvgIpc) is 2.82. The third-order valence-electron chi connectivity index (χ3n) is 5.19. The normalized spacial score (nSPS) is 16.8. The third kappa shape index (κ3) is 8.37. The zero-order valence-electron chi connectivity index (χ0n) is 18.7. The van der Waals surface area contributed by atoms with Gasteiger partial charge in [0.2, 0.25) is 0 Å². The number of aliphatic hydroxyl groups is 1. The Hall–Kier alpha value is -2.58. The first kappa shape index (κ1) is 26.7. The Morgan fingerprint density at radius 3 is 2.79 bits per heavy atom. The van der Waals surface area contributed by atoms with Crippen LogP contribution in [-0.2, 0) is 0 Å². The minimum Gasteiger partial charge on any atom is -0.491 e. The summed E-state index contributed by atoms with van der Waals surface area (Å²) in [6, 6.07) is 15.8. The fourth-order valence-corrected chi connectivity index (χ4v) is 3.64. The maximum Gasteiger partial charge on any atom is 0.191 e. The number of nitriles is 1. The first-order chi connectivity index (χ1) is 15.6. The largest absolute Gasteiger partial charge is 0.491 e. The number of para-hydroxylation sites is 1. The van der Waals surface area contributed by atoms with Crippen molar-refractivity contribution >= 4 is 35.6 Å². The van der Waals surface area contributed by atoms with Gasteiger partial charge in [-0.2, -0.15) is 5.26 Å². The molecule has 2 atom stereocenters. The molecular formula is C24H31FIN5O2. The molecule has 1 aliphatic heterocycles. The molecule has 0 aliphatic carbocycles. The van der Waals surface area contributed by atoms with E-state index in [-0.39, 0.29) is 49.0 Å². The zero-order chi connectivity index (χ0) is 22.8. The molecule has 0 spiro atoms. The van der Waals surface area contributed by atoms with E-state index < -0.39 is 6.10 Å². The maximum atomic E-state index is 13.0. The van der Waals surface area contributed by atoms with E-state index in [0.29, 0.717) is 23.8 Å². The first-order valence-corrected chi connectivity index (χ1v) is 10.9. The van der Waals surface area contributed by atoms with Crippen LogP contribution in [0, 0.1) is 17.1 Å². The van der Waals surface area contributed by atoms with E-state index >= 15 is 0 Å². The number of hydrogen-bond acceptors (Lipinski definition) is 5. The fraction of sp³-hybridized carbons (Fsp3) is 0.417. The molecule has 0 amide bonds. The van der Waals surface area contributed by atoms with Crippen molar-refractivity contribution in [3.8, 4) is 11.8 Å². The molecule has 3 N–H and O–H groups in total. The number of nitrogens with zero attached hydrogens (tertiary/aromatic N) is 3. The Morgan fingerprint density at radius 1 is 1.30 bits per heavy atom. The standard InChI is InChI=1S/C24H30FN5O2.HI/c1-2-27-24(28-15-21(31)17-32-22-11-9-19(25)10-12-22)29-20-7-5-13-30(16-20)23-8-4-3-6-18(23)14-26;/h3-4,6,8-12,20-21,31H,2,5,7,13,15-17H2,1H3,(H2,27,28,29);1H. The van der Waals surface area contributed by atoms with Crippen molar-refractivity contribution in [2.45, 2.75) is 31.9 Å². The number of halogens is 2. The number of piperidine rings is 1. The highest BCUT2D eigenvalue weighted by molar-refractivity contribution is 14.0. The van der Waals surface area contributed by atoms with Gasteiger partial charge in [-0.1, -0.05) is 12.1 Å². The lowest BCUT2D eigenvalue weighted by Gasteiger charge is -2.35. The SMILES string of the molecule is CCNC(=NCC(O)COc1ccc(F)cc1)NC1CCCN(c2ccccc2C#N)C1.I. The van der Waals surface area contributed by atoms with Crippen LogP contribution in [-0.4, -0.2) is 56.0 Å². The predicted molar refractivity (Wildman–Crippen MR) is 139 cm³/mol. The van der Waals surface area contributed by atoms with Crippen molar-refractivity contribution in [3.05, 3.63) is 59.9 Å². The van der Waals surface area contributed by atoms with Crippen LogP contribution in [0.3, 0.4) is 0 Å². The van der Waals surface area contributed by atoms with E-state index in [0.717, 1.165) is 31.6 Å². The van der Waals surface area contributed by atoms with E-state index in [1.54, 1.807) is 0 Å². The molecule has 0 saturated carbocycles. The molecule has 178 valence electrons. The van der Waals surface area contributed by atoms with Gasteiger partial charge in [0.05, 0.1) is 17.8 Å². The Labute approximate surface area is 211 Å². The quantitative estimate of drug-likeness (QED) is 0.258. The van der Waals surface area contributed by atoms with Gasteiger partial charge in [-0.3, -0.25) is 4.99 Å². The van der Waals surface area contributed by atoms with Crippen molar-refractivity contribution in [2.24, 2.45) is 4.99 Å². The lowest BCUT2D eigenvalue weighted by molar-refractivity contribution is 0.114. The summed E-state index contributed by atoms with van der Waals surface area (Å²) in [5.74, 6) is 0.800. The van der Waals surface area contributed by atoms with Crippen molar-refractivity contribution in [3.63, 3.8) is 0 Å². The molecule has 3 rings (SSSR count). The molecule has 33 heavy (non-hydrogen) atoms. The Kier molecular flexibility index (Phi) is 11.2. The Balaban J connectivity index is 0.00000385. The summed E-state index contributed by atoms with van der Waals surface area (Å²) in [7, 11) is 0. The second-order valence-electron chi connectivity index (χ2n) is 7.70. The summed E-state index contributed by atoms with van der Waals surface area (Å²) in [6.45, 7) is 4.59. The monoisotopic (exact) mass is 567 g/mol. The van der Waals surface area contributed by atoms with Crippen LogP contribution in [0.25, 0.3) is 0 Å². The molecule has 2 unspecified atom stereocenters. The van der Waals surface area contributed by atoms with E-state index in [2.05, 4.69) is 26.6 Å². The van der Waals surface area contributed by atoms with Crippen molar-refractivity contribution in [1.29, 1.82) is 5.26 Å². The predicted octanol–water partition coefficient (Wildman–Crippen LogP) is 3.28. The summed E-state index contributed by atoms with van der Waals surface area (Å²) in [5.41, 5.74) is 1.63.